The van der Waals surface area contributed by atoms with Gasteiger partial charge in [-0.25, -0.2) is 8.42 Å². The second-order valence-corrected chi connectivity index (χ2v) is 9.07. The molecule has 150 valence electrons. The molecule has 1 N–H and O–H groups in total. The third kappa shape index (κ3) is 5.37. The summed E-state index contributed by atoms with van der Waals surface area (Å²) in [7, 11) is -3.31. The van der Waals surface area contributed by atoms with Gasteiger partial charge in [-0.3, -0.25) is 4.79 Å². The van der Waals surface area contributed by atoms with Gasteiger partial charge in [0.1, 0.15) is 12.4 Å². The molecule has 0 saturated carbocycles. The second-order valence-electron chi connectivity index (χ2n) is 6.61. The molecule has 0 heterocycles. The van der Waals surface area contributed by atoms with E-state index in [1.807, 2.05) is 12.1 Å². The molecule has 0 aromatic heterocycles. The van der Waals surface area contributed by atoms with E-state index in [1.54, 1.807) is 49.4 Å². The highest BCUT2D eigenvalue weighted by Crippen LogP contribution is 2.24. The maximum atomic E-state index is 12.8. The minimum atomic E-state index is -3.31. The number of rotatable bonds is 6. The van der Waals surface area contributed by atoms with E-state index in [0.29, 0.717) is 34.2 Å². The molecule has 3 aromatic carbocycles. The van der Waals surface area contributed by atoms with Crippen molar-refractivity contribution in [1.82, 2.24) is 0 Å². The van der Waals surface area contributed by atoms with Crippen molar-refractivity contribution in [3.63, 3.8) is 0 Å². The molecular formula is C22H20ClNO4S. The zero-order valence-electron chi connectivity index (χ0n) is 16.0. The predicted octanol–water partition coefficient (Wildman–Crippen LogP) is 4.88. The summed E-state index contributed by atoms with van der Waals surface area (Å²) in [6, 6.07) is 18.8. The number of halogens is 1. The molecule has 0 saturated heterocycles. The van der Waals surface area contributed by atoms with Gasteiger partial charge in [0.25, 0.3) is 5.91 Å². The molecule has 0 radical (unpaired) electrons. The number of para-hydroxylation sites is 1. The Bertz CT molecular complexity index is 1140. The van der Waals surface area contributed by atoms with Gasteiger partial charge in [-0.05, 0) is 60.5 Å². The maximum absolute atomic E-state index is 12.8. The van der Waals surface area contributed by atoms with Crippen LogP contribution in [0.1, 0.15) is 21.5 Å². The van der Waals surface area contributed by atoms with Gasteiger partial charge in [-0.1, -0.05) is 35.9 Å². The van der Waals surface area contributed by atoms with Gasteiger partial charge >= 0.3 is 0 Å². The number of benzene rings is 3. The number of aryl methyl sites for hydroxylation is 1. The fourth-order valence-corrected chi connectivity index (χ4v) is 3.55. The third-order valence-corrected chi connectivity index (χ3v) is 5.68. The van der Waals surface area contributed by atoms with Gasteiger partial charge < -0.3 is 10.1 Å². The van der Waals surface area contributed by atoms with E-state index >= 15 is 0 Å². The number of carbonyl (C=O) groups excluding carboxylic acids is 1. The van der Waals surface area contributed by atoms with Gasteiger partial charge in [0, 0.05) is 17.0 Å². The molecule has 0 aliphatic carbocycles. The maximum Gasteiger partial charge on any atom is 0.259 e. The van der Waals surface area contributed by atoms with Crippen LogP contribution in [0, 0.1) is 6.92 Å². The summed E-state index contributed by atoms with van der Waals surface area (Å²) in [5, 5.41) is 3.46. The number of hydrogen-bond donors (Lipinski definition) is 1. The lowest BCUT2D eigenvalue weighted by Crippen LogP contribution is -2.14. The second kappa shape index (κ2) is 8.68. The highest BCUT2D eigenvalue weighted by atomic mass is 35.5. The first-order chi connectivity index (χ1) is 13.7. The summed E-state index contributed by atoms with van der Waals surface area (Å²) in [5.74, 6) is 0.109. The highest BCUT2D eigenvalue weighted by Gasteiger charge is 2.15. The zero-order chi connectivity index (χ0) is 21.0. The summed E-state index contributed by atoms with van der Waals surface area (Å²) < 4.78 is 29.2. The van der Waals surface area contributed by atoms with E-state index < -0.39 is 9.84 Å². The lowest BCUT2D eigenvalue weighted by atomic mass is 10.1. The first-order valence-corrected chi connectivity index (χ1v) is 11.1. The zero-order valence-corrected chi connectivity index (χ0v) is 17.5. The molecule has 7 heteroatoms. The van der Waals surface area contributed by atoms with Crippen LogP contribution < -0.4 is 10.1 Å². The first-order valence-electron chi connectivity index (χ1n) is 8.82. The van der Waals surface area contributed by atoms with Crippen LogP contribution in [0.3, 0.4) is 0 Å². The van der Waals surface area contributed by atoms with E-state index in [2.05, 4.69) is 5.32 Å². The van der Waals surface area contributed by atoms with Gasteiger partial charge in [-0.2, -0.15) is 0 Å². The Labute approximate surface area is 175 Å². The van der Waals surface area contributed by atoms with Gasteiger partial charge in [0.2, 0.25) is 0 Å². The number of nitrogens with one attached hydrogen (secondary N) is 1. The minimum Gasteiger partial charge on any atom is -0.488 e. The van der Waals surface area contributed by atoms with Gasteiger partial charge in [0.05, 0.1) is 10.5 Å². The molecule has 0 fully saturated rings. The molecule has 29 heavy (non-hydrogen) atoms. The van der Waals surface area contributed by atoms with E-state index in [1.165, 1.54) is 12.1 Å². The monoisotopic (exact) mass is 429 g/mol. The lowest BCUT2D eigenvalue weighted by molar-refractivity contribution is 0.102. The van der Waals surface area contributed by atoms with E-state index in [4.69, 9.17) is 16.3 Å². The van der Waals surface area contributed by atoms with Crippen LogP contribution in [0.2, 0.25) is 5.02 Å². The molecule has 0 spiro atoms. The Balaban J connectivity index is 1.77. The van der Waals surface area contributed by atoms with Crippen LogP contribution in [0.25, 0.3) is 0 Å². The van der Waals surface area contributed by atoms with Crippen molar-refractivity contribution in [3.8, 4) is 5.75 Å². The SMILES string of the molecule is Cc1cc(S(C)(=O)=O)ccc1NC(=O)c1ccccc1OCc1ccc(Cl)cc1. The number of sulfone groups is 1. The normalized spacial score (nSPS) is 11.1. The molecule has 0 aliphatic rings. The average Bonchev–Trinajstić information content (AvgIpc) is 2.68. The summed E-state index contributed by atoms with van der Waals surface area (Å²) in [6.45, 7) is 2.04. The van der Waals surface area contributed by atoms with Crippen molar-refractivity contribution >= 4 is 33.0 Å². The summed E-state index contributed by atoms with van der Waals surface area (Å²) in [6.07, 6.45) is 1.15. The molecule has 1 amide bonds. The van der Waals surface area contributed by atoms with Crippen LogP contribution in [0.5, 0.6) is 5.75 Å². The largest absolute Gasteiger partial charge is 0.488 e. The number of ether oxygens (including phenoxy) is 1. The number of carbonyl (C=O) groups is 1. The van der Waals surface area contributed by atoms with Crippen molar-refractivity contribution in [1.29, 1.82) is 0 Å². The van der Waals surface area contributed by atoms with Crippen molar-refractivity contribution in [3.05, 3.63) is 88.4 Å². The Morgan fingerprint density at radius 3 is 2.38 bits per heavy atom. The fraction of sp³-hybridized carbons (Fsp3) is 0.136. The smallest absolute Gasteiger partial charge is 0.259 e. The summed E-state index contributed by atoms with van der Waals surface area (Å²) >= 11 is 5.89. The molecular weight excluding hydrogens is 410 g/mol. The molecule has 0 bridgehead atoms. The van der Waals surface area contributed by atoms with Crippen molar-refractivity contribution in [2.75, 3.05) is 11.6 Å². The Hall–Kier alpha value is -2.83. The molecule has 0 unspecified atom stereocenters. The van der Waals surface area contributed by atoms with E-state index in [0.717, 1.165) is 11.8 Å². The van der Waals surface area contributed by atoms with Crippen molar-refractivity contribution in [2.24, 2.45) is 0 Å². The van der Waals surface area contributed by atoms with Crippen LogP contribution in [-0.2, 0) is 16.4 Å². The molecule has 0 atom stereocenters. The molecule has 5 nitrogen and oxygen atoms in total. The first kappa shape index (κ1) is 20.9. The minimum absolute atomic E-state index is 0.208. The molecule has 3 rings (SSSR count). The third-order valence-electron chi connectivity index (χ3n) is 4.31. The van der Waals surface area contributed by atoms with Crippen LogP contribution in [0.4, 0.5) is 5.69 Å². The lowest BCUT2D eigenvalue weighted by Gasteiger charge is -2.13. The number of hydrogen-bond acceptors (Lipinski definition) is 4. The van der Waals surface area contributed by atoms with Crippen molar-refractivity contribution < 1.29 is 17.9 Å². The highest BCUT2D eigenvalue weighted by molar-refractivity contribution is 7.90. The average molecular weight is 430 g/mol. The Morgan fingerprint density at radius 2 is 1.72 bits per heavy atom. The fourth-order valence-electron chi connectivity index (χ4n) is 2.72. The van der Waals surface area contributed by atoms with Gasteiger partial charge in [0.15, 0.2) is 9.84 Å². The van der Waals surface area contributed by atoms with Crippen LogP contribution in [0.15, 0.2) is 71.6 Å². The topological polar surface area (TPSA) is 72.5 Å². The summed E-state index contributed by atoms with van der Waals surface area (Å²) in [5.41, 5.74) is 2.50. The van der Waals surface area contributed by atoms with Crippen molar-refractivity contribution in [2.45, 2.75) is 18.4 Å². The number of amides is 1. The van der Waals surface area contributed by atoms with Gasteiger partial charge in [-0.15, -0.1) is 0 Å². The summed E-state index contributed by atoms with van der Waals surface area (Å²) in [4.78, 5) is 13.0. The quantitative estimate of drug-likeness (QED) is 0.605. The Kier molecular flexibility index (Phi) is 6.25. The standard InChI is InChI=1S/C22H20ClNO4S/c1-15-13-18(29(2,26)27)11-12-20(15)24-22(25)19-5-3-4-6-21(19)28-14-16-7-9-17(23)10-8-16/h3-13H,14H2,1-2H3,(H,24,25). The van der Waals surface area contributed by atoms with Crippen LogP contribution in [-0.4, -0.2) is 20.6 Å². The Morgan fingerprint density at radius 1 is 1.03 bits per heavy atom. The molecule has 0 aliphatic heterocycles. The molecule has 3 aromatic rings. The van der Waals surface area contributed by atoms with E-state index in [-0.39, 0.29) is 10.8 Å². The number of anilines is 1. The predicted molar refractivity (Wildman–Crippen MR) is 114 cm³/mol. The van der Waals surface area contributed by atoms with E-state index in [9.17, 15) is 13.2 Å². The van der Waals surface area contributed by atoms with Crippen LogP contribution >= 0.6 is 11.6 Å².